The number of piperidine rings is 1. The van der Waals surface area contributed by atoms with Gasteiger partial charge in [-0.15, -0.1) is 0 Å². The van der Waals surface area contributed by atoms with Crippen LogP contribution in [0.4, 0.5) is 9.18 Å². The summed E-state index contributed by atoms with van der Waals surface area (Å²) in [6.45, 7) is 7.81. The SMILES string of the molecule is CC(C)(C)OC(=O)N1CCC[C@@H](Oc2ccnc3c2CC(C)(F)C(C(N)=O)=C3)C1. The smallest absolute Gasteiger partial charge is 0.410 e. The molecule has 1 aliphatic carbocycles. The molecule has 8 heteroatoms. The first-order valence-electron chi connectivity index (χ1n) is 9.79. The van der Waals surface area contributed by atoms with Gasteiger partial charge in [-0.3, -0.25) is 9.78 Å². The molecule has 0 saturated carbocycles. The largest absolute Gasteiger partial charge is 0.488 e. The third kappa shape index (κ3) is 4.86. The minimum absolute atomic E-state index is 0.0528. The summed E-state index contributed by atoms with van der Waals surface area (Å²) in [6, 6.07) is 1.68. The number of halogens is 1. The lowest BCUT2D eigenvalue weighted by Gasteiger charge is -2.35. The number of pyridine rings is 1. The highest BCUT2D eigenvalue weighted by Gasteiger charge is 2.38. The number of primary amides is 1. The molecule has 1 saturated heterocycles. The van der Waals surface area contributed by atoms with Crippen LogP contribution in [-0.4, -0.2) is 52.3 Å². The molecule has 29 heavy (non-hydrogen) atoms. The van der Waals surface area contributed by atoms with Gasteiger partial charge in [-0.2, -0.15) is 0 Å². The number of hydrogen-bond acceptors (Lipinski definition) is 5. The number of aromatic nitrogens is 1. The molecule has 1 aromatic heterocycles. The number of likely N-dealkylation sites (tertiary alicyclic amines) is 1. The van der Waals surface area contributed by atoms with E-state index >= 15 is 4.39 Å². The predicted octanol–water partition coefficient (Wildman–Crippen LogP) is 3.01. The van der Waals surface area contributed by atoms with Gasteiger partial charge in [0.15, 0.2) is 0 Å². The van der Waals surface area contributed by atoms with Crippen LogP contribution in [-0.2, 0) is 16.0 Å². The van der Waals surface area contributed by atoms with Crippen molar-refractivity contribution in [1.29, 1.82) is 0 Å². The zero-order valence-electron chi connectivity index (χ0n) is 17.3. The number of amides is 2. The van der Waals surface area contributed by atoms with Gasteiger partial charge < -0.3 is 20.1 Å². The fourth-order valence-corrected chi connectivity index (χ4v) is 3.65. The molecule has 1 aliphatic heterocycles. The van der Waals surface area contributed by atoms with E-state index in [0.717, 1.165) is 12.8 Å². The van der Waals surface area contributed by atoms with Crippen LogP contribution in [0.5, 0.6) is 5.75 Å². The van der Waals surface area contributed by atoms with Crippen molar-refractivity contribution in [2.45, 2.75) is 64.3 Å². The maximum Gasteiger partial charge on any atom is 0.410 e. The van der Waals surface area contributed by atoms with Crippen LogP contribution in [0.15, 0.2) is 17.8 Å². The maximum atomic E-state index is 15.0. The highest BCUT2D eigenvalue weighted by molar-refractivity contribution is 5.99. The third-order valence-corrected chi connectivity index (χ3v) is 4.99. The molecule has 2 atom stereocenters. The first-order chi connectivity index (χ1) is 13.5. The number of hydrogen-bond donors (Lipinski definition) is 1. The molecule has 2 amide bonds. The molecular weight excluding hydrogens is 377 g/mol. The van der Waals surface area contributed by atoms with Crippen molar-refractivity contribution in [2.75, 3.05) is 13.1 Å². The zero-order chi connectivity index (χ0) is 21.4. The summed E-state index contributed by atoms with van der Waals surface area (Å²) >= 11 is 0. The molecule has 0 bridgehead atoms. The third-order valence-electron chi connectivity index (χ3n) is 4.99. The van der Waals surface area contributed by atoms with Gasteiger partial charge in [0.1, 0.15) is 23.1 Å². The summed E-state index contributed by atoms with van der Waals surface area (Å²) in [6.07, 6.45) is 3.83. The van der Waals surface area contributed by atoms with E-state index in [-0.39, 0.29) is 24.2 Å². The van der Waals surface area contributed by atoms with E-state index in [1.54, 1.807) is 17.2 Å². The van der Waals surface area contributed by atoms with Gasteiger partial charge in [0, 0.05) is 24.7 Å². The lowest BCUT2D eigenvalue weighted by atomic mass is 9.83. The van der Waals surface area contributed by atoms with E-state index in [9.17, 15) is 9.59 Å². The molecule has 0 radical (unpaired) electrons. The Morgan fingerprint density at radius 3 is 2.76 bits per heavy atom. The van der Waals surface area contributed by atoms with Crippen molar-refractivity contribution in [3.63, 3.8) is 0 Å². The van der Waals surface area contributed by atoms with Gasteiger partial charge in [-0.25, -0.2) is 9.18 Å². The Bertz CT molecular complexity index is 845. The van der Waals surface area contributed by atoms with Crippen LogP contribution < -0.4 is 10.5 Å². The summed E-state index contributed by atoms with van der Waals surface area (Å²) in [7, 11) is 0. The summed E-state index contributed by atoms with van der Waals surface area (Å²) in [5.41, 5.74) is 3.84. The van der Waals surface area contributed by atoms with Crippen molar-refractivity contribution in [1.82, 2.24) is 9.88 Å². The monoisotopic (exact) mass is 405 g/mol. The first-order valence-corrected chi connectivity index (χ1v) is 9.79. The Balaban J connectivity index is 1.78. The van der Waals surface area contributed by atoms with Crippen LogP contribution in [0.1, 0.15) is 51.8 Å². The number of ether oxygens (including phenoxy) is 2. The normalized spacial score (nSPS) is 24.4. The molecule has 1 fully saturated rings. The Kier molecular flexibility index (Phi) is 5.56. The number of rotatable bonds is 3. The molecule has 0 spiro atoms. The second-order valence-electron chi connectivity index (χ2n) is 8.78. The lowest BCUT2D eigenvalue weighted by molar-refractivity contribution is -0.115. The Labute approximate surface area is 170 Å². The minimum Gasteiger partial charge on any atom is -0.488 e. The second-order valence-corrected chi connectivity index (χ2v) is 8.78. The average molecular weight is 405 g/mol. The Hall–Kier alpha value is -2.64. The van der Waals surface area contributed by atoms with Gasteiger partial charge >= 0.3 is 6.09 Å². The van der Waals surface area contributed by atoms with Gasteiger partial charge in [0.25, 0.3) is 0 Å². The van der Waals surface area contributed by atoms with Crippen molar-refractivity contribution < 1.29 is 23.5 Å². The van der Waals surface area contributed by atoms with Crippen LogP contribution in [0, 0.1) is 0 Å². The van der Waals surface area contributed by atoms with Gasteiger partial charge in [-0.05, 0) is 52.7 Å². The van der Waals surface area contributed by atoms with Crippen LogP contribution in [0.3, 0.4) is 0 Å². The molecule has 0 aromatic carbocycles. The summed E-state index contributed by atoms with van der Waals surface area (Å²) in [5.74, 6) is -0.288. The first kappa shape index (κ1) is 21.1. The van der Waals surface area contributed by atoms with Crippen LogP contribution >= 0.6 is 0 Å². The highest BCUT2D eigenvalue weighted by atomic mass is 19.1. The van der Waals surface area contributed by atoms with Gasteiger partial charge in [0.2, 0.25) is 5.91 Å². The number of carbonyl (C=O) groups is 2. The second kappa shape index (κ2) is 7.65. The number of fused-ring (bicyclic) bond motifs is 1. The fraction of sp³-hybridized carbons (Fsp3) is 0.571. The van der Waals surface area contributed by atoms with E-state index in [1.165, 1.54) is 13.0 Å². The van der Waals surface area contributed by atoms with E-state index in [4.69, 9.17) is 15.2 Å². The van der Waals surface area contributed by atoms with Crippen molar-refractivity contribution in [3.8, 4) is 5.75 Å². The Morgan fingerprint density at radius 2 is 2.10 bits per heavy atom. The highest BCUT2D eigenvalue weighted by Crippen LogP contribution is 2.38. The van der Waals surface area contributed by atoms with E-state index in [1.807, 2.05) is 20.8 Å². The van der Waals surface area contributed by atoms with Crippen molar-refractivity contribution in [3.05, 3.63) is 29.1 Å². The summed E-state index contributed by atoms with van der Waals surface area (Å²) in [4.78, 5) is 29.8. The van der Waals surface area contributed by atoms with E-state index in [2.05, 4.69) is 4.98 Å². The fourth-order valence-electron chi connectivity index (χ4n) is 3.65. The number of nitrogens with two attached hydrogens (primary N) is 1. The molecular formula is C21H28FN3O4. The average Bonchev–Trinajstić information content (AvgIpc) is 2.60. The number of carbonyl (C=O) groups excluding carboxylic acids is 2. The topological polar surface area (TPSA) is 94.8 Å². The van der Waals surface area contributed by atoms with Gasteiger partial charge in [-0.1, -0.05) is 0 Å². The molecule has 2 heterocycles. The standard InChI is InChI=1S/C21H28FN3O4/c1-20(2,3)29-19(27)25-9-5-6-13(12-25)28-17-7-8-24-16-10-15(18(23)26)21(4,22)11-14(16)17/h7-8,10,13H,5-6,9,11-12H2,1-4H3,(H2,23,26)/t13-,21?/m1/s1. The van der Waals surface area contributed by atoms with Gasteiger partial charge in [0.05, 0.1) is 17.8 Å². The predicted molar refractivity (Wildman–Crippen MR) is 106 cm³/mol. The van der Waals surface area contributed by atoms with Crippen molar-refractivity contribution >= 4 is 18.1 Å². The summed E-state index contributed by atoms with van der Waals surface area (Å²) < 4.78 is 26.6. The van der Waals surface area contributed by atoms with Crippen LogP contribution in [0.2, 0.25) is 0 Å². The molecule has 2 N–H and O–H groups in total. The van der Waals surface area contributed by atoms with Crippen LogP contribution in [0.25, 0.3) is 6.08 Å². The molecule has 158 valence electrons. The maximum absolute atomic E-state index is 15.0. The minimum atomic E-state index is -1.89. The quantitative estimate of drug-likeness (QED) is 0.834. The zero-order valence-corrected chi connectivity index (χ0v) is 17.3. The molecule has 1 unspecified atom stereocenters. The summed E-state index contributed by atoms with van der Waals surface area (Å²) in [5, 5.41) is 0. The van der Waals surface area contributed by atoms with E-state index in [0.29, 0.717) is 30.1 Å². The number of alkyl halides is 1. The molecule has 7 nitrogen and oxygen atoms in total. The van der Waals surface area contributed by atoms with Crippen molar-refractivity contribution in [2.24, 2.45) is 5.73 Å². The molecule has 3 rings (SSSR count). The number of nitrogens with zero attached hydrogens (tertiary/aromatic N) is 2. The Morgan fingerprint density at radius 1 is 1.38 bits per heavy atom. The lowest BCUT2D eigenvalue weighted by Crippen LogP contribution is -2.46. The van der Waals surface area contributed by atoms with E-state index < -0.39 is 17.2 Å². The molecule has 2 aliphatic rings. The molecule has 1 aromatic rings.